The van der Waals surface area contributed by atoms with E-state index in [2.05, 4.69) is 10.2 Å². The Morgan fingerprint density at radius 1 is 1.28 bits per heavy atom. The Morgan fingerprint density at radius 2 is 2.08 bits per heavy atom. The smallest absolute Gasteiger partial charge is 0.225 e. The predicted molar refractivity (Wildman–Crippen MR) is 99.7 cm³/mol. The third kappa shape index (κ3) is 4.53. The molecule has 1 aromatic rings. The van der Waals surface area contributed by atoms with Gasteiger partial charge in [-0.05, 0) is 37.9 Å². The highest BCUT2D eigenvalue weighted by Gasteiger charge is 2.40. The van der Waals surface area contributed by atoms with Crippen molar-refractivity contribution in [1.29, 1.82) is 0 Å². The second-order valence-electron chi connectivity index (χ2n) is 7.41. The normalized spacial score (nSPS) is 24.6. The fraction of sp³-hybridized carbons (Fsp3) is 0.579. The topological polar surface area (TPSA) is 52.6 Å². The van der Waals surface area contributed by atoms with Crippen LogP contribution in [0, 0.1) is 5.41 Å². The number of benzene rings is 1. The Morgan fingerprint density at radius 3 is 2.84 bits per heavy atom. The highest BCUT2D eigenvalue weighted by molar-refractivity contribution is 6.33. The van der Waals surface area contributed by atoms with Gasteiger partial charge in [-0.3, -0.25) is 9.59 Å². The van der Waals surface area contributed by atoms with E-state index in [1.54, 1.807) is 6.07 Å². The fourth-order valence-corrected chi connectivity index (χ4v) is 4.29. The van der Waals surface area contributed by atoms with Gasteiger partial charge >= 0.3 is 0 Å². The zero-order chi connectivity index (χ0) is 17.9. The zero-order valence-corrected chi connectivity index (χ0v) is 15.5. The first-order valence-electron chi connectivity index (χ1n) is 8.98. The molecule has 5 nitrogen and oxygen atoms in total. The van der Waals surface area contributed by atoms with Crippen molar-refractivity contribution in [1.82, 2.24) is 9.80 Å². The van der Waals surface area contributed by atoms with E-state index in [1.165, 1.54) is 6.42 Å². The molecule has 1 aromatic carbocycles. The van der Waals surface area contributed by atoms with Gasteiger partial charge < -0.3 is 15.1 Å². The Kier molecular flexibility index (Phi) is 5.64. The van der Waals surface area contributed by atoms with Crippen LogP contribution in [0.2, 0.25) is 5.02 Å². The quantitative estimate of drug-likeness (QED) is 0.894. The van der Waals surface area contributed by atoms with Gasteiger partial charge in [0.1, 0.15) is 0 Å². The molecule has 2 saturated heterocycles. The first-order valence-corrected chi connectivity index (χ1v) is 9.36. The number of rotatable bonds is 4. The first-order chi connectivity index (χ1) is 12.0. The molecular weight excluding hydrogens is 338 g/mol. The lowest BCUT2D eigenvalue weighted by Gasteiger charge is -2.47. The molecule has 6 heteroatoms. The van der Waals surface area contributed by atoms with Gasteiger partial charge in [0.25, 0.3) is 0 Å². The van der Waals surface area contributed by atoms with E-state index in [1.807, 2.05) is 30.1 Å². The zero-order valence-electron chi connectivity index (χ0n) is 14.8. The summed E-state index contributed by atoms with van der Waals surface area (Å²) in [5, 5.41) is 3.44. The number of halogens is 1. The Balaban J connectivity index is 1.50. The van der Waals surface area contributed by atoms with Gasteiger partial charge in [0.15, 0.2) is 0 Å². The van der Waals surface area contributed by atoms with E-state index in [4.69, 9.17) is 11.6 Å². The summed E-state index contributed by atoms with van der Waals surface area (Å²) >= 11 is 6.08. The summed E-state index contributed by atoms with van der Waals surface area (Å²) in [6.45, 7) is 3.59. The van der Waals surface area contributed by atoms with Crippen LogP contribution in [0.5, 0.6) is 0 Å². The number of carbonyl (C=O) groups is 2. The van der Waals surface area contributed by atoms with Crippen LogP contribution in [0.15, 0.2) is 24.3 Å². The summed E-state index contributed by atoms with van der Waals surface area (Å²) in [4.78, 5) is 28.2. The van der Waals surface area contributed by atoms with E-state index < -0.39 is 0 Å². The third-order valence-electron chi connectivity index (χ3n) is 5.41. The van der Waals surface area contributed by atoms with Crippen molar-refractivity contribution in [2.45, 2.75) is 32.1 Å². The number of likely N-dealkylation sites (tertiary alicyclic amines) is 2. The van der Waals surface area contributed by atoms with Crippen LogP contribution < -0.4 is 5.32 Å². The second-order valence-corrected chi connectivity index (χ2v) is 7.81. The molecule has 25 heavy (non-hydrogen) atoms. The van der Waals surface area contributed by atoms with Crippen LogP contribution in [-0.2, 0) is 9.59 Å². The van der Waals surface area contributed by atoms with Crippen molar-refractivity contribution >= 4 is 29.1 Å². The average Bonchev–Trinajstić information content (AvgIpc) is 2.59. The molecule has 1 unspecified atom stereocenters. The van der Waals surface area contributed by atoms with Gasteiger partial charge in [-0.15, -0.1) is 0 Å². The second kappa shape index (κ2) is 7.75. The maximum Gasteiger partial charge on any atom is 0.225 e. The van der Waals surface area contributed by atoms with E-state index in [9.17, 15) is 9.59 Å². The molecule has 0 saturated carbocycles. The number of hydrogen-bond acceptors (Lipinski definition) is 3. The lowest BCUT2D eigenvalue weighted by molar-refractivity contribution is -0.137. The number of para-hydroxylation sites is 1. The fourth-order valence-electron chi connectivity index (χ4n) is 4.10. The lowest BCUT2D eigenvalue weighted by atomic mass is 9.73. The molecule has 2 aliphatic heterocycles. The highest BCUT2D eigenvalue weighted by Crippen LogP contribution is 2.38. The number of anilines is 1. The molecule has 0 bridgehead atoms. The predicted octanol–water partition coefficient (Wildman–Crippen LogP) is 3.00. The Bertz CT molecular complexity index is 651. The minimum atomic E-state index is -0.0105. The SMILES string of the molecule is CN1CC2(CCCN(CCC(=O)Nc3ccccc3Cl)C2)CCC1=O. The summed E-state index contributed by atoms with van der Waals surface area (Å²) in [6, 6.07) is 7.28. The summed E-state index contributed by atoms with van der Waals surface area (Å²) in [7, 11) is 1.90. The molecule has 2 amide bonds. The monoisotopic (exact) mass is 363 g/mol. The van der Waals surface area contributed by atoms with Gasteiger partial charge in [-0.25, -0.2) is 0 Å². The Labute approximate surface area is 154 Å². The van der Waals surface area contributed by atoms with Crippen LogP contribution in [-0.4, -0.2) is 54.8 Å². The van der Waals surface area contributed by atoms with Crippen molar-refractivity contribution in [3.8, 4) is 0 Å². The largest absolute Gasteiger partial charge is 0.345 e. The van der Waals surface area contributed by atoms with Crippen LogP contribution in [0.3, 0.4) is 0 Å². The third-order valence-corrected chi connectivity index (χ3v) is 5.74. The summed E-state index contributed by atoms with van der Waals surface area (Å²) in [5.41, 5.74) is 0.872. The highest BCUT2D eigenvalue weighted by atomic mass is 35.5. The molecule has 0 aromatic heterocycles. The molecule has 3 rings (SSSR count). The molecule has 2 fully saturated rings. The van der Waals surface area contributed by atoms with Gasteiger partial charge in [-0.1, -0.05) is 23.7 Å². The molecule has 1 atom stereocenters. The summed E-state index contributed by atoms with van der Waals surface area (Å²) < 4.78 is 0. The number of carbonyl (C=O) groups excluding carboxylic acids is 2. The lowest BCUT2D eigenvalue weighted by Crippen LogP contribution is -2.53. The maximum absolute atomic E-state index is 12.2. The standard InChI is InChI=1S/C19H26ClN3O2/c1-22-13-19(10-7-18(22)25)9-4-11-23(14-19)12-8-17(24)21-16-6-3-2-5-15(16)20/h2-3,5-6H,4,7-14H2,1H3,(H,21,24). The first kappa shape index (κ1) is 18.2. The van der Waals surface area contributed by atoms with Gasteiger partial charge in [0.05, 0.1) is 10.7 Å². The number of hydrogen-bond donors (Lipinski definition) is 1. The minimum absolute atomic E-state index is 0.0105. The van der Waals surface area contributed by atoms with Crippen LogP contribution in [0.25, 0.3) is 0 Å². The number of piperidine rings is 2. The Hall–Kier alpha value is -1.59. The summed E-state index contributed by atoms with van der Waals surface area (Å²) in [5.74, 6) is 0.241. The molecular formula is C19H26ClN3O2. The number of amides is 2. The van der Waals surface area contributed by atoms with Crippen molar-refractivity contribution < 1.29 is 9.59 Å². The van der Waals surface area contributed by atoms with Crippen molar-refractivity contribution in [2.75, 3.05) is 38.5 Å². The maximum atomic E-state index is 12.2. The van der Waals surface area contributed by atoms with Gasteiger partial charge in [-0.2, -0.15) is 0 Å². The van der Waals surface area contributed by atoms with Gasteiger partial charge in [0, 0.05) is 44.9 Å². The van der Waals surface area contributed by atoms with Crippen LogP contribution in [0.1, 0.15) is 32.1 Å². The van der Waals surface area contributed by atoms with E-state index in [0.717, 1.165) is 39.0 Å². The van der Waals surface area contributed by atoms with Crippen LogP contribution in [0.4, 0.5) is 5.69 Å². The van der Waals surface area contributed by atoms with Crippen molar-refractivity contribution in [3.05, 3.63) is 29.3 Å². The molecule has 2 aliphatic rings. The number of nitrogens with one attached hydrogen (secondary N) is 1. The molecule has 0 radical (unpaired) electrons. The van der Waals surface area contributed by atoms with Crippen molar-refractivity contribution in [3.63, 3.8) is 0 Å². The molecule has 136 valence electrons. The van der Waals surface area contributed by atoms with Crippen molar-refractivity contribution in [2.24, 2.45) is 5.41 Å². The molecule has 2 heterocycles. The van der Waals surface area contributed by atoms with E-state index in [-0.39, 0.29) is 17.2 Å². The minimum Gasteiger partial charge on any atom is -0.345 e. The van der Waals surface area contributed by atoms with E-state index in [0.29, 0.717) is 23.6 Å². The van der Waals surface area contributed by atoms with Gasteiger partial charge in [0.2, 0.25) is 11.8 Å². The van der Waals surface area contributed by atoms with Crippen LogP contribution >= 0.6 is 11.6 Å². The molecule has 1 N–H and O–H groups in total. The number of nitrogens with zero attached hydrogens (tertiary/aromatic N) is 2. The average molecular weight is 364 g/mol. The summed E-state index contributed by atoms with van der Waals surface area (Å²) in [6.07, 6.45) is 4.38. The molecule has 1 spiro atoms. The van der Waals surface area contributed by atoms with E-state index >= 15 is 0 Å². The molecule has 0 aliphatic carbocycles.